The van der Waals surface area contributed by atoms with Gasteiger partial charge in [-0.25, -0.2) is 4.79 Å². The molecule has 28 heavy (non-hydrogen) atoms. The molecule has 7 heteroatoms. The van der Waals surface area contributed by atoms with Gasteiger partial charge in [0.15, 0.2) is 23.9 Å². The van der Waals surface area contributed by atoms with Crippen LogP contribution in [0.1, 0.15) is 22.3 Å². The van der Waals surface area contributed by atoms with Crippen molar-refractivity contribution in [2.24, 2.45) is 0 Å². The Bertz CT molecular complexity index is 1030. The molecule has 0 atom stereocenters. The van der Waals surface area contributed by atoms with Crippen LogP contribution >= 0.6 is 0 Å². The maximum absolute atomic E-state index is 13.0. The van der Waals surface area contributed by atoms with Gasteiger partial charge >= 0.3 is 5.97 Å². The molecule has 0 saturated carbocycles. The van der Waals surface area contributed by atoms with Crippen LogP contribution in [0.15, 0.2) is 47.1 Å². The number of hydrogen-bond acceptors (Lipinski definition) is 7. The maximum atomic E-state index is 13.0. The summed E-state index contributed by atoms with van der Waals surface area (Å²) < 4.78 is 26.7. The summed E-state index contributed by atoms with van der Waals surface area (Å²) in [5, 5.41) is 0.597. The lowest BCUT2D eigenvalue weighted by Gasteiger charge is -2.08. The maximum Gasteiger partial charge on any atom is 0.343 e. The van der Waals surface area contributed by atoms with Crippen molar-refractivity contribution in [1.82, 2.24) is 0 Å². The van der Waals surface area contributed by atoms with Crippen molar-refractivity contribution in [3.8, 4) is 17.2 Å². The third-order valence-electron chi connectivity index (χ3n) is 4.38. The summed E-state index contributed by atoms with van der Waals surface area (Å²) >= 11 is 0. The molecule has 3 aromatic rings. The Kier molecular flexibility index (Phi) is 4.89. The summed E-state index contributed by atoms with van der Waals surface area (Å²) in [5.41, 5.74) is 1.41. The van der Waals surface area contributed by atoms with E-state index in [1.165, 1.54) is 13.4 Å². The van der Waals surface area contributed by atoms with Gasteiger partial charge in [-0.3, -0.25) is 4.79 Å². The van der Waals surface area contributed by atoms with E-state index in [0.29, 0.717) is 52.6 Å². The van der Waals surface area contributed by atoms with Crippen molar-refractivity contribution in [2.45, 2.75) is 6.42 Å². The molecule has 7 nitrogen and oxygen atoms in total. The summed E-state index contributed by atoms with van der Waals surface area (Å²) in [7, 11) is 1.29. The molecule has 2 heterocycles. The summed E-state index contributed by atoms with van der Waals surface area (Å²) in [6.07, 6.45) is 2.21. The Hall–Kier alpha value is -3.48. The van der Waals surface area contributed by atoms with Gasteiger partial charge in [0.25, 0.3) is 0 Å². The summed E-state index contributed by atoms with van der Waals surface area (Å²) in [5.74, 6) is 0.921. The molecule has 0 amide bonds. The number of ether oxygens (including phenoxy) is 4. The molecule has 144 valence electrons. The molecule has 0 radical (unpaired) electrons. The molecule has 0 aliphatic carbocycles. The summed E-state index contributed by atoms with van der Waals surface area (Å²) in [6.45, 7) is 0.909. The quantitative estimate of drug-likeness (QED) is 0.494. The Morgan fingerprint density at radius 2 is 1.86 bits per heavy atom. The number of fused-ring (bicyclic) bond motifs is 2. The first kappa shape index (κ1) is 17.9. The van der Waals surface area contributed by atoms with Crippen LogP contribution in [0.3, 0.4) is 0 Å². The lowest BCUT2D eigenvalue weighted by Crippen LogP contribution is -2.12. The average molecular weight is 382 g/mol. The van der Waals surface area contributed by atoms with E-state index in [1.54, 1.807) is 36.4 Å². The molecule has 0 unspecified atom stereocenters. The number of hydrogen-bond donors (Lipinski definition) is 0. The van der Waals surface area contributed by atoms with Gasteiger partial charge < -0.3 is 23.4 Å². The van der Waals surface area contributed by atoms with Crippen molar-refractivity contribution in [1.29, 1.82) is 0 Å². The molecular formula is C21H18O7. The Balaban J connectivity index is 1.64. The van der Waals surface area contributed by atoms with Crippen molar-refractivity contribution >= 4 is 22.7 Å². The number of methoxy groups -OCH3 is 1. The van der Waals surface area contributed by atoms with E-state index in [9.17, 15) is 9.59 Å². The van der Waals surface area contributed by atoms with Crippen LogP contribution in [0.4, 0.5) is 0 Å². The minimum Gasteiger partial charge on any atom is -0.490 e. The average Bonchev–Trinajstić information content (AvgIpc) is 3.00. The third-order valence-corrected chi connectivity index (χ3v) is 4.38. The molecule has 1 aliphatic heterocycles. The van der Waals surface area contributed by atoms with Crippen molar-refractivity contribution in [3.63, 3.8) is 0 Å². The van der Waals surface area contributed by atoms with E-state index in [4.69, 9.17) is 18.6 Å². The number of esters is 1. The second kappa shape index (κ2) is 7.64. The molecule has 1 aromatic heterocycles. The highest BCUT2D eigenvalue weighted by molar-refractivity contribution is 6.16. The van der Waals surface area contributed by atoms with E-state index in [1.807, 2.05) is 0 Å². The molecule has 0 saturated heterocycles. The van der Waals surface area contributed by atoms with E-state index in [0.717, 1.165) is 6.42 Å². The smallest absolute Gasteiger partial charge is 0.343 e. The minimum atomic E-state index is -0.490. The fourth-order valence-corrected chi connectivity index (χ4v) is 2.94. The summed E-state index contributed by atoms with van der Waals surface area (Å²) in [4.78, 5) is 24.3. The Labute approximate surface area is 160 Å². The molecule has 4 rings (SSSR count). The van der Waals surface area contributed by atoms with E-state index in [-0.39, 0.29) is 12.4 Å². The highest BCUT2D eigenvalue weighted by Crippen LogP contribution is 2.33. The first-order valence-electron chi connectivity index (χ1n) is 8.81. The van der Waals surface area contributed by atoms with Crippen LogP contribution in [0.25, 0.3) is 11.0 Å². The van der Waals surface area contributed by atoms with Crippen LogP contribution in [-0.2, 0) is 9.53 Å². The first-order valence-corrected chi connectivity index (χ1v) is 8.81. The highest BCUT2D eigenvalue weighted by Gasteiger charge is 2.19. The van der Waals surface area contributed by atoms with Crippen LogP contribution in [0.2, 0.25) is 0 Å². The molecule has 0 spiro atoms. The Morgan fingerprint density at radius 1 is 1.04 bits per heavy atom. The molecule has 0 N–H and O–H groups in total. The van der Waals surface area contributed by atoms with E-state index >= 15 is 0 Å². The van der Waals surface area contributed by atoms with Crippen molar-refractivity contribution < 1.29 is 33.0 Å². The third kappa shape index (κ3) is 3.51. The largest absolute Gasteiger partial charge is 0.490 e. The lowest BCUT2D eigenvalue weighted by molar-refractivity contribution is -0.142. The van der Waals surface area contributed by atoms with E-state index in [2.05, 4.69) is 4.74 Å². The molecule has 1 aliphatic rings. The molecule has 0 fully saturated rings. The zero-order chi connectivity index (χ0) is 19.5. The highest BCUT2D eigenvalue weighted by atomic mass is 16.6. The van der Waals surface area contributed by atoms with E-state index < -0.39 is 5.97 Å². The molecular weight excluding hydrogens is 364 g/mol. The number of rotatable bonds is 5. The van der Waals surface area contributed by atoms with Gasteiger partial charge in [0.05, 0.1) is 25.9 Å². The normalized spacial score (nSPS) is 13.0. The second-order valence-electron chi connectivity index (χ2n) is 6.21. The molecule has 0 bridgehead atoms. The molecule has 2 aromatic carbocycles. The van der Waals surface area contributed by atoms with Crippen molar-refractivity contribution in [2.75, 3.05) is 26.9 Å². The number of carbonyl (C=O) groups is 2. The lowest BCUT2D eigenvalue weighted by atomic mass is 10.0. The van der Waals surface area contributed by atoms with Gasteiger partial charge in [-0.2, -0.15) is 0 Å². The zero-order valence-corrected chi connectivity index (χ0v) is 15.2. The van der Waals surface area contributed by atoms with Crippen LogP contribution in [-0.4, -0.2) is 38.7 Å². The van der Waals surface area contributed by atoms with Gasteiger partial charge in [0.2, 0.25) is 0 Å². The second-order valence-corrected chi connectivity index (χ2v) is 6.21. The van der Waals surface area contributed by atoms with Crippen molar-refractivity contribution in [3.05, 3.63) is 53.8 Å². The van der Waals surface area contributed by atoms with Crippen LogP contribution in [0, 0.1) is 0 Å². The fourth-order valence-electron chi connectivity index (χ4n) is 2.94. The van der Waals surface area contributed by atoms with Crippen LogP contribution in [0.5, 0.6) is 17.2 Å². The van der Waals surface area contributed by atoms with Gasteiger partial charge in [0, 0.05) is 17.4 Å². The zero-order valence-electron chi connectivity index (χ0n) is 15.2. The number of benzene rings is 2. The minimum absolute atomic E-state index is 0.209. The summed E-state index contributed by atoms with van der Waals surface area (Å²) in [6, 6.07) is 10.1. The first-order chi connectivity index (χ1) is 13.7. The Morgan fingerprint density at radius 3 is 2.68 bits per heavy atom. The predicted octanol–water partition coefficient (Wildman–Crippen LogP) is 3.38. The van der Waals surface area contributed by atoms with Gasteiger partial charge in [-0.15, -0.1) is 0 Å². The number of ketones is 1. The van der Waals surface area contributed by atoms with Crippen LogP contribution < -0.4 is 14.2 Å². The monoisotopic (exact) mass is 382 g/mol. The fraction of sp³-hybridized carbons (Fsp3) is 0.238. The van der Waals surface area contributed by atoms with Gasteiger partial charge in [0.1, 0.15) is 17.6 Å². The van der Waals surface area contributed by atoms with Gasteiger partial charge in [-0.1, -0.05) is 0 Å². The number of carbonyl (C=O) groups excluding carboxylic acids is 2. The van der Waals surface area contributed by atoms with Gasteiger partial charge in [-0.05, 0) is 36.4 Å². The predicted molar refractivity (Wildman–Crippen MR) is 99.2 cm³/mol. The SMILES string of the molecule is COC(=O)COc1ccc2occ(C(=O)c3ccc4c(c3)OCCCO4)c2c1. The topological polar surface area (TPSA) is 84.2 Å². The standard InChI is InChI=1S/C21H18O7/c1-24-20(22)12-27-14-4-6-17-15(10-14)16(11-28-17)21(23)13-3-5-18-19(9-13)26-8-2-7-25-18/h3-6,9-11H,2,7-8,12H2,1H3. The number of furan rings is 1.